The Labute approximate surface area is 111 Å². The summed E-state index contributed by atoms with van der Waals surface area (Å²) < 4.78 is 0. The number of rotatable bonds is 4. The SMILES string of the molecule is CC(=O)N(C[C@@H]1CCCN1C1CCCC1)C1CC1. The molecule has 3 rings (SSSR count). The average Bonchev–Trinajstić information content (AvgIpc) is 2.88. The van der Waals surface area contributed by atoms with Crippen LogP contribution >= 0.6 is 0 Å². The molecule has 3 nitrogen and oxygen atoms in total. The molecule has 1 amide bonds. The molecule has 0 bridgehead atoms. The molecular formula is C15H26N2O. The number of amides is 1. The molecule has 0 aromatic carbocycles. The Balaban J connectivity index is 1.61. The molecular weight excluding hydrogens is 224 g/mol. The van der Waals surface area contributed by atoms with Crippen molar-refractivity contribution < 1.29 is 4.79 Å². The van der Waals surface area contributed by atoms with Crippen LogP contribution in [0.15, 0.2) is 0 Å². The van der Waals surface area contributed by atoms with Crippen LogP contribution in [0.2, 0.25) is 0 Å². The maximum atomic E-state index is 11.7. The van der Waals surface area contributed by atoms with Crippen molar-refractivity contribution in [3.63, 3.8) is 0 Å². The number of likely N-dealkylation sites (tertiary alicyclic amines) is 1. The van der Waals surface area contributed by atoms with E-state index in [4.69, 9.17) is 0 Å². The molecule has 3 fully saturated rings. The van der Waals surface area contributed by atoms with Crippen LogP contribution in [0.5, 0.6) is 0 Å². The largest absolute Gasteiger partial charge is 0.338 e. The minimum Gasteiger partial charge on any atom is -0.338 e. The monoisotopic (exact) mass is 250 g/mol. The molecule has 1 aliphatic heterocycles. The Morgan fingerprint density at radius 3 is 2.44 bits per heavy atom. The van der Waals surface area contributed by atoms with Gasteiger partial charge in [-0.2, -0.15) is 0 Å². The van der Waals surface area contributed by atoms with Gasteiger partial charge in [0.25, 0.3) is 0 Å². The van der Waals surface area contributed by atoms with Gasteiger partial charge in [-0.3, -0.25) is 9.69 Å². The highest BCUT2D eigenvalue weighted by molar-refractivity contribution is 5.74. The molecule has 1 atom stereocenters. The van der Waals surface area contributed by atoms with Crippen molar-refractivity contribution >= 4 is 5.91 Å². The lowest BCUT2D eigenvalue weighted by Crippen LogP contribution is -2.46. The maximum Gasteiger partial charge on any atom is 0.219 e. The Bertz CT molecular complexity index is 308. The van der Waals surface area contributed by atoms with Gasteiger partial charge in [-0.05, 0) is 45.1 Å². The molecule has 0 N–H and O–H groups in total. The van der Waals surface area contributed by atoms with Gasteiger partial charge in [0, 0.05) is 31.6 Å². The summed E-state index contributed by atoms with van der Waals surface area (Å²) in [6, 6.07) is 2.05. The van der Waals surface area contributed by atoms with Crippen LogP contribution in [0.1, 0.15) is 58.3 Å². The van der Waals surface area contributed by atoms with Crippen LogP contribution in [-0.2, 0) is 4.79 Å². The van der Waals surface area contributed by atoms with Gasteiger partial charge in [-0.1, -0.05) is 12.8 Å². The van der Waals surface area contributed by atoms with Crippen molar-refractivity contribution in [1.29, 1.82) is 0 Å². The van der Waals surface area contributed by atoms with Crippen molar-refractivity contribution in [3.05, 3.63) is 0 Å². The van der Waals surface area contributed by atoms with E-state index in [1.165, 1.54) is 57.9 Å². The first-order valence-electron chi connectivity index (χ1n) is 7.78. The van der Waals surface area contributed by atoms with Crippen LogP contribution in [0, 0.1) is 0 Å². The summed E-state index contributed by atoms with van der Waals surface area (Å²) >= 11 is 0. The topological polar surface area (TPSA) is 23.6 Å². The van der Waals surface area contributed by atoms with Gasteiger partial charge in [0.2, 0.25) is 5.91 Å². The van der Waals surface area contributed by atoms with Crippen molar-refractivity contribution in [1.82, 2.24) is 9.80 Å². The molecule has 1 saturated heterocycles. The first-order chi connectivity index (χ1) is 8.75. The molecule has 102 valence electrons. The minimum atomic E-state index is 0.288. The van der Waals surface area contributed by atoms with Crippen LogP contribution in [0.4, 0.5) is 0 Å². The molecule has 0 unspecified atom stereocenters. The van der Waals surface area contributed by atoms with Crippen molar-refractivity contribution in [3.8, 4) is 0 Å². The fraction of sp³-hybridized carbons (Fsp3) is 0.933. The van der Waals surface area contributed by atoms with E-state index in [-0.39, 0.29) is 5.91 Å². The summed E-state index contributed by atoms with van der Waals surface area (Å²) in [6.07, 6.45) is 10.7. The van der Waals surface area contributed by atoms with Crippen LogP contribution in [0.3, 0.4) is 0 Å². The normalized spacial score (nSPS) is 29.9. The third kappa shape index (κ3) is 2.56. The van der Waals surface area contributed by atoms with Crippen LogP contribution < -0.4 is 0 Å². The lowest BCUT2D eigenvalue weighted by molar-refractivity contribution is -0.130. The highest BCUT2D eigenvalue weighted by Crippen LogP contribution is 2.33. The third-order valence-corrected chi connectivity index (χ3v) is 5.02. The molecule has 0 spiro atoms. The summed E-state index contributed by atoms with van der Waals surface area (Å²) in [5.41, 5.74) is 0. The predicted molar refractivity (Wildman–Crippen MR) is 72.4 cm³/mol. The Kier molecular flexibility index (Phi) is 3.60. The fourth-order valence-electron chi connectivity index (χ4n) is 3.92. The van der Waals surface area contributed by atoms with E-state index in [1.54, 1.807) is 6.92 Å². The lowest BCUT2D eigenvalue weighted by Gasteiger charge is -2.34. The number of carbonyl (C=O) groups is 1. The maximum absolute atomic E-state index is 11.7. The molecule has 18 heavy (non-hydrogen) atoms. The van der Waals surface area contributed by atoms with E-state index in [1.807, 2.05) is 0 Å². The van der Waals surface area contributed by atoms with Crippen LogP contribution in [0.25, 0.3) is 0 Å². The smallest absolute Gasteiger partial charge is 0.219 e. The first-order valence-corrected chi connectivity index (χ1v) is 7.78. The van der Waals surface area contributed by atoms with Gasteiger partial charge in [0.15, 0.2) is 0 Å². The Morgan fingerprint density at radius 2 is 1.83 bits per heavy atom. The predicted octanol–water partition coefficient (Wildman–Crippen LogP) is 2.40. The van der Waals surface area contributed by atoms with Gasteiger partial charge in [0.1, 0.15) is 0 Å². The molecule has 0 aromatic heterocycles. The Hall–Kier alpha value is -0.570. The second-order valence-corrected chi connectivity index (χ2v) is 6.37. The first kappa shape index (κ1) is 12.5. The standard InChI is InChI=1S/C15H26N2O/c1-12(18)17(14-8-9-14)11-15-7-4-10-16(15)13-5-2-3-6-13/h13-15H,2-11H2,1H3/t15-/m0/s1. The summed E-state index contributed by atoms with van der Waals surface area (Å²) in [5, 5.41) is 0. The van der Waals surface area contributed by atoms with Crippen molar-refractivity contribution in [2.75, 3.05) is 13.1 Å². The van der Waals surface area contributed by atoms with Crippen molar-refractivity contribution in [2.24, 2.45) is 0 Å². The Morgan fingerprint density at radius 1 is 1.11 bits per heavy atom. The van der Waals surface area contributed by atoms with Gasteiger partial charge in [-0.15, -0.1) is 0 Å². The average molecular weight is 250 g/mol. The zero-order chi connectivity index (χ0) is 12.5. The highest BCUT2D eigenvalue weighted by atomic mass is 16.2. The molecule has 2 aliphatic carbocycles. The second-order valence-electron chi connectivity index (χ2n) is 6.37. The molecule has 3 heteroatoms. The van der Waals surface area contributed by atoms with Crippen molar-refractivity contribution in [2.45, 2.75) is 76.4 Å². The van der Waals surface area contributed by atoms with E-state index in [0.29, 0.717) is 12.1 Å². The van der Waals surface area contributed by atoms with E-state index in [9.17, 15) is 4.79 Å². The quantitative estimate of drug-likeness (QED) is 0.765. The summed E-state index contributed by atoms with van der Waals surface area (Å²) in [4.78, 5) is 16.6. The zero-order valence-electron chi connectivity index (χ0n) is 11.6. The lowest BCUT2D eigenvalue weighted by atomic mass is 10.1. The minimum absolute atomic E-state index is 0.288. The van der Waals surface area contributed by atoms with Gasteiger partial charge < -0.3 is 4.90 Å². The van der Waals surface area contributed by atoms with E-state index < -0.39 is 0 Å². The summed E-state index contributed by atoms with van der Waals surface area (Å²) in [6.45, 7) is 4.01. The van der Waals surface area contributed by atoms with Gasteiger partial charge in [0.05, 0.1) is 0 Å². The molecule has 0 radical (unpaired) electrons. The second kappa shape index (κ2) is 5.20. The van der Waals surface area contributed by atoms with Gasteiger partial charge in [-0.25, -0.2) is 0 Å². The molecule has 3 aliphatic rings. The number of hydrogen-bond donors (Lipinski definition) is 0. The number of nitrogens with zero attached hydrogens (tertiary/aromatic N) is 2. The van der Waals surface area contributed by atoms with E-state index in [2.05, 4.69) is 9.80 Å². The van der Waals surface area contributed by atoms with Crippen LogP contribution in [-0.4, -0.2) is 46.9 Å². The molecule has 1 heterocycles. The number of hydrogen-bond acceptors (Lipinski definition) is 2. The highest BCUT2D eigenvalue weighted by Gasteiger charge is 2.37. The molecule has 2 saturated carbocycles. The van der Waals surface area contributed by atoms with E-state index in [0.717, 1.165) is 12.6 Å². The summed E-state index contributed by atoms with van der Waals surface area (Å²) in [5.74, 6) is 0.288. The fourth-order valence-corrected chi connectivity index (χ4v) is 3.92. The summed E-state index contributed by atoms with van der Waals surface area (Å²) in [7, 11) is 0. The number of carbonyl (C=O) groups excluding carboxylic acids is 1. The van der Waals surface area contributed by atoms with Gasteiger partial charge >= 0.3 is 0 Å². The zero-order valence-corrected chi connectivity index (χ0v) is 11.6. The third-order valence-electron chi connectivity index (χ3n) is 5.02. The van der Waals surface area contributed by atoms with E-state index >= 15 is 0 Å². The molecule has 0 aromatic rings.